The molecule has 0 radical (unpaired) electrons. The molecule has 0 atom stereocenters. The summed E-state index contributed by atoms with van der Waals surface area (Å²) in [6, 6.07) is 25.2. The van der Waals surface area contributed by atoms with Crippen molar-refractivity contribution in [2.45, 2.75) is 18.9 Å². The standard InChI is InChI=1S/C27H23N3O3Se/c1-18(31)29-17-30-22-13-7-5-11-20(22)24(25(30)21-12-6-8-14-23(21)29)26(32)27(33)28-15-16-34-19-9-3-2-4-10-19/h2-14H,15-17H2,1H3,(H,28,33). The van der Waals surface area contributed by atoms with E-state index in [1.807, 2.05) is 71.3 Å². The van der Waals surface area contributed by atoms with Gasteiger partial charge in [0.05, 0.1) is 0 Å². The van der Waals surface area contributed by atoms with Crippen molar-refractivity contribution in [1.29, 1.82) is 0 Å². The van der Waals surface area contributed by atoms with Crippen LogP contribution in [0.1, 0.15) is 17.3 Å². The normalized spacial score (nSPS) is 12.2. The number of nitrogens with one attached hydrogen (secondary N) is 1. The average molecular weight is 516 g/mol. The molecule has 0 spiro atoms. The Morgan fingerprint density at radius 1 is 0.912 bits per heavy atom. The number of benzene rings is 3. The van der Waals surface area contributed by atoms with Crippen LogP contribution < -0.4 is 14.7 Å². The zero-order valence-electron chi connectivity index (χ0n) is 18.7. The van der Waals surface area contributed by atoms with E-state index in [0.717, 1.165) is 22.1 Å². The van der Waals surface area contributed by atoms with Crippen LogP contribution >= 0.6 is 0 Å². The summed E-state index contributed by atoms with van der Waals surface area (Å²) < 4.78 is 3.22. The van der Waals surface area contributed by atoms with E-state index in [-0.39, 0.29) is 27.5 Å². The first-order valence-corrected chi connectivity index (χ1v) is 13.1. The molecule has 3 aromatic carbocycles. The van der Waals surface area contributed by atoms with E-state index in [2.05, 4.69) is 17.4 Å². The van der Waals surface area contributed by atoms with Crippen molar-refractivity contribution in [2.75, 3.05) is 11.4 Å². The molecule has 34 heavy (non-hydrogen) atoms. The van der Waals surface area contributed by atoms with E-state index < -0.39 is 11.7 Å². The van der Waals surface area contributed by atoms with Crippen molar-refractivity contribution in [1.82, 2.24) is 9.88 Å². The van der Waals surface area contributed by atoms with E-state index in [1.165, 1.54) is 11.4 Å². The predicted octanol–water partition coefficient (Wildman–Crippen LogP) is 3.38. The van der Waals surface area contributed by atoms with Crippen molar-refractivity contribution in [3.05, 3.63) is 84.4 Å². The monoisotopic (exact) mass is 517 g/mol. The van der Waals surface area contributed by atoms with Crippen molar-refractivity contribution in [2.24, 2.45) is 0 Å². The number of rotatable bonds is 6. The Morgan fingerprint density at radius 2 is 1.62 bits per heavy atom. The molecule has 0 aliphatic carbocycles. The summed E-state index contributed by atoms with van der Waals surface area (Å²) >= 11 is 0.231. The summed E-state index contributed by atoms with van der Waals surface area (Å²) in [5, 5.41) is 4.34. The Labute approximate surface area is 203 Å². The van der Waals surface area contributed by atoms with Crippen LogP contribution in [0.3, 0.4) is 0 Å². The Balaban J connectivity index is 1.47. The molecule has 0 saturated heterocycles. The van der Waals surface area contributed by atoms with Crippen molar-refractivity contribution >= 4 is 53.6 Å². The summed E-state index contributed by atoms with van der Waals surface area (Å²) in [5.74, 6) is -1.24. The van der Waals surface area contributed by atoms with Crippen LogP contribution in [-0.2, 0) is 16.3 Å². The Hall–Kier alpha value is -3.67. The third-order valence-electron chi connectivity index (χ3n) is 5.92. The Bertz CT molecular complexity index is 1410. The maximum atomic E-state index is 13.5. The molecule has 7 heteroatoms. The topological polar surface area (TPSA) is 71.4 Å². The number of amides is 2. The summed E-state index contributed by atoms with van der Waals surface area (Å²) in [6.45, 7) is 2.27. The van der Waals surface area contributed by atoms with Gasteiger partial charge in [0.25, 0.3) is 0 Å². The molecule has 1 aliphatic heterocycles. The summed E-state index contributed by atoms with van der Waals surface area (Å²) in [4.78, 5) is 40.5. The second kappa shape index (κ2) is 9.29. The molecule has 1 aromatic heterocycles. The van der Waals surface area contributed by atoms with Gasteiger partial charge in [-0.15, -0.1) is 0 Å². The number of para-hydroxylation sites is 2. The van der Waals surface area contributed by atoms with Gasteiger partial charge in [-0.1, -0.05) is 0 Å². The minimum atomic E-state index is -0.602. The van der Waals surface area contributed by atoms with Gasteiger partial charge in [-0.25, -0.2) is 0 Å². The van der Waals surface area contributed by atoms with Crippen molar-refractivity contribution in [3.8, 4) is 11.3 Å². The number of fused-ring (bicyclic) bond motifs is 5. The van der Waals surface area contributed by atoms with Crippen LogP contribution in [0.2, 0.25) is 5.32 Å². The van der Waals surface area contributed by atoms with Gasteiger partial charge in [-0.2, -0.15) is 0 Å². The average Bonchev–Trinajstić information content (AvgIpc) is 3.20. The van der Waals surface area contributed by atoms with Crippen LogP contribution in [-0.4, -0.2) is 43.7 Å². The summed E-state index contributed by atoms with van der Waals surface area (Å²) in [5.41, 5.74) is 3.40. The van der Waals surface area contributed by atoms with Crippen molar-refractivity contribution < 1.29 is 14.4 Å². The number of carbonyl (C=O) groups is 3. The van der Waals surface area contributed by atoms with E-state index in [0.29, 0.717) is 23.2 Å². The molecule has 2 heterocycles. The molecule has 0 saturated carbocycles. The van der Waals surface area contributed by atoms with Gasteiger partial charge in [0.1, 0.15) is 0 Å². The fourth-order valence-corrected chi connectivity index (χ4v) is 6.06. The van der Waals surface area contributed by atoms with Gasteiger partial charge >= 0.3 is 204 Å². The molecule has 5 rings (SSSR count). The quantitative estimate of drug-likeness (QED) is 0.185. The first-order valence-electron chi connectivity index (χ1n) is 11.1. The third kappa shape index (κ3) is 3.93. The van der Waals surface area contributed by atoms with Gasteiger partial charge in [0.15, 0.2) is 0 Å². The first-order chi connectivity index (χ1) is 16.6. The molecule has 2 amide bonds. The van der Waals surface area contributed by atoms with E-state index in [1.54, 1.807) is 4.90 Å². The van der Waals surface area contributed by atoms with E-state index in [9.17, 15) is 14.4 Å². The molecule has 1 N–H and O–H groups in total. The van der Waals surface area contributed by atoms with Gasteiger partial charge in [0.2, 0.25) is 0 Å². The van der Waals surface area contributed by atoms with Crippen LogP contribution in [0.4, 0.5) is 5.69 Å². The molecular formula is C27H23N3O3Se. The Kier molecular flexibility index (Phi) is 6.05. The molecule has 0 unspecified atom stereocenters. The maximum absolute atomic E-state index is 13.5. The van der Waals surface area contributed by atoms with Gasteiger partial charge in [-0.3, -0.25) is 0 Å². The Morgan fingerprint density at radius 3 is 2.41 bits per heavy atom. The SMILES string of the molecule is CC(=O)N1Cn2c(c(C(=O)C(=O)NCC[Se]c3ccccc3)c3ccccc32)-c2ccccc21. The third-order valence-corrected chi connectivity index (χ3v) is 8.04. The second-order valence-electron chi connectivity index (χ2n) is 8.02. The van der Waals surface area contributed by atoms with Crippen LogP contribution in [0, 0.1) is 0 Å². The number of hydrogen-bond acceptors (Lipinski definition) is 3. The number of anilines is 1. The van der Waals surface area contributed by atoms with Crippen LogP contribution in [0.15, 0.2) is 78.9 Å². The zero-order valence-corrected chi connectivity index (χ0v) is 20.4. The van der Waals surface area contributed by atoms with Crippen molar-refractivity contribution in [3.63, 3.8) is 0 Å². The summed E-state index contributed by atoms with van der Waals surface area (Å²) in [7, 11) is 0. The number of aromatic nitrogens is 1. The van der Waals surface area contributed by atoms with Gasteiger partial charge in [0, 0.05) is 0 Å². The predicted molar refractivity (Wildman–Crippen MR) is 135 cm³/mol. The van der Waals surface area contributed by atoms with E-state index >= 15 is 0 Å². The molecule has 1 aliphatic rings. The molecule has 0 fully saturated rings. The molecular weight excluding hydrogens is 493 g/mol. The number of nitrogens with zero attached hydrogens (tertiary/aromatic N) is 2. The molecule has 6 nitrogen and oxygen atoms in total. The second-order valence-corrected chi connectivity index (χ2v) is 10.5. The van der Waals surface area contributed by atoms with Crippen LogP contribution in [0.5, 0.6) is 0 Å². The number of carbonyl (C=O) groups excluding carboxylic acids is 3. The van der Waals surface area contributed by atoms with Gasteiger partial charge < -0.3 is 0 Å². The van der Waals surface area contributed by atoms with Gasteiger partial charge in [-0.05, 0) is 0 Å². The molecule has 170 valence electrons. The number of ketones is 1. The van der Waals surface area contributed by atoms with Crippen LogP contribution in [0.25, 0.3) is 22.2 Å². The first kappa shape index (κ1) is 22.1. The molecule has 4 aromatic rings. The zero-order chi connectivity index (χ0) is 23.7. The fourth-order valence-electron chi connectivity index (χ4n) is 4.40. The number of hydrogen-bond donors (Lipinski definition) is 1. The fraction of sp³-hybridized carbons (Fsp3) is 0.148. The van der Waals surface area contributed by atoms with E-state index in [4.69, 9.17) is 0 Å². The number of Topliss-reactive ketones (excluding diaryl/α,β-unsaturated/α-hetero) is 1. The minimum absolute atomic E-state index is 0.0817. The summed E-state index contributed by atoms with van der Waals surface area (Å²) in [6.07, 6.45) is 0. The molecule has 0 bridgehead atoms.